The van der Waals surface area contributed by atoms with Gasteiger partial charge < -0.3 is 5.32 Å². The third-order valence-corrected chi connectivity index (χ3v) is 2.70. The highest BCUT2D eigenvalue weighted by Crippen LogP contribution is 2.26. The lowest BCUT2D eigenvalue weighted by Gasteiger charge is -2.06. The highest BCUT2D eigenvalue weighted by atomic mass is 35.5. The Bertz CT molecular complexity index is 480. The van der Waals surface area contributed by atoms with E-state index < -0.39 is 0 Å². The molecule has 14 heavy (non-hydrogen) atoms. The number of aromatic nitrogens is 1. The molecule has 0 bridgehead atoms. The van der Waals surface area contributed by atoms with Crippen LogP contribution in [0.3, 0.4) is 0 Å². The van der Waals surface area contributed by atoms with E-state index in [0.717, 1.165) is 27.2 Å². The van der Waals surface area contributed by atoms with Gasteiger partial charge in [-0.25, -0.2) is 0 Å². The highest BCUT2D eigenvalue weighted by molar-refractivity contribution is 6.32. The van der Waals surface area contributed by atoms with Gasteiger partial charge in [-0.3, -0.25) is 4.98 Å². The molecule has 2 rings (SSSR count). The van der Waals surface area contributed by atoms with E-state index in [0.29, 0.717) is 0 Å². The Balaban J connectivity index is 2.81. The third kappa shape index (κ3) is 1.42. The van der Waals surface area contributed by atoms with Crippen LogP contribution in [0.1, 0.15) is 5.56 Å². The van der Waals surface area contributed by atoms with E-state index in [1.807, 2.05) is 26.1 Å². The summed E-state index contributed by atoms with van der Waals surface area (Å²) >= 11 is 6.02. The minimum atomic E-state index is 0.762. The highest BCUT2D eigenvalue weighted by Gasteiger charge is 2.03. The SMILES string of the molecule is CNc1ccnc2cc(Cl)c(C)cc12. The van der Waals surface area contributed by atoms with Crippen LogP contribution in [0.2, 0.25) is 5.02 Å². The molecule has 0 aliphatic rings. The minimum absolute atomic E-state index is 0.762. The number of rotatable bonds is 1. The van der Waals surface area contributed by atoms with E-state index in [2.05, 4.69) is 16.4 Å². The molecule has 1 N–H and O–H groups in total. The molecule has 0 fully saturated rings. The summed E-state index contributed by atoms with van der Waals surface area (Å²) in [6.45, 7) is 1.99. The number of hydrogen-bond donors (Lipinski definition) is 1. The van der Waals surface area contributed by atoms with Gasteiger partial charge in [0.15, 0.2) is 0 Å². The number of nitrogens with zero attached hydrogens (tertiary/aromatic N) is 1. The molecule has 72 valence electrons. The third-order valence-electron chi connectivity index (χ3n) is 2.29. The summed E-state index contributed by atoms with van der Waals surface area (Å²) in [5.74, 6) is 0. The van der Waals surface area contributed by atoms with E-state index >= 15 is 0 Å². The van der Waals surface area contributed by atoms with Crippen molar-refractivity contribution < 1.29 is 0 Å². The molecule has 0 radical (unpaired) electrons. The summed E-state index contributed by atoms with van der Waals surface area (Å²) in [4.78, 5) is 4.27. The minimum Gasteiger partial charge on any atom is -0.388 e. The van der Waals surface area contributed by atoms with Crippen LogP contribution in [-0.4, -0.2) is 12.0 Å². The van der Waals surface area contributed by atoms with Crippen molar-refractivity contribution in [3.05, 3.63) is 35.0 Å². The fourth-order valence-electron chi connectivity index (χ4n) is 1.49. The number of hydrogen-bond acceptors (Lipinski definition) is 2. The molecule has 0 aliphatic heterocycles. The molecule has 0 spiro atoms. The zero-order valence-corrected chi connectivity index (χ0v) is 8.89. The fourth-order valence-corrected chi connectivity index (χ4v) is 1.65. The van der Waals surface area contributed by atoms with Crippen LogP contribution in [-0.2, 0) is 0 Å². The molecule has 1 aromatic heterocycles. The van der Waals surface area contributed by atoms with E-state index in [-0.39, 0.29) is 0 Å². The molecule has 0 aliphatic carbocycles. The largest absolute Gasteiger partial charge is 0.388 e. The van der Waals surface area contributed by atoms with Crippen molar-refractivity contribution in [1.29, 1.82) is 0 Å². The molecule has 1 aromatic carbocycles. The van der Waals surface area contributed by atoms with Gasteiger partial charge in [-0.05, 0) is 30.7 Å². The lowest BCUT2D eigenvalue weighted by molar-refractivity contribution is 1.38. The van der Waals surface area contributed by atoms with Crippen LogP contribution >= 0.6 is 11.6 Å². The predicted molar refractivity (Wildman–Crippen MR) is 61.0 cm³/mol. The van der Waals surface area contributed by atoms with Crippen molar-refractivity contribution in [3.8, 4) is 0 Å². The number of nitrogens with one attached hydrogen (secondary N) is 1. The number of anilines is 1. The van der Waals surface area contributed by atoms with Crippen molar-refractivity contribution in [2.45, 2.75) is 6.92 Å². The Morgan fingerprint density at radius 2 is 2.14 bits per heavy atom. The quantitative estimate of drug-likeness (QED) is 0.775. The molecular formula is C11H11ClN2. The van der Waals surface area contributed by atoms with Gasteiger partial charge in [-0.15, -0.1) is 0 Å². The van der Waals surface area contributed by atoms with E-state index in [1.165, 1.54) is 0 Å². The van der Waals surface area contributed by atoms with Gasteiger partial charge in [0.25, 0.3) is 0 Å². The van der Waals surface area contributed by atoms with Crippen molar-refractivity contribution in [3.63, 3.8) is 0 Å². The summed E-state index contributed by atoms with van der Waals surface area (Å²) in [5.41, 5.74) is 3.07. The van der Waals surface area contributed by atoms with Gasteiger partial charge in [0.05, 0.1) is 5.52 Å². The standard InChI is InChI=1S/C11H11ClN2/c1-7-5-8-10(13-2)3-4-14-11(8)6-9(7)12/h3-6H,1-2H3,(H,13,14). The van der Waals surface area contributed by atoms with Crippen LogP contribution < -0.4 is 5.32 Å². The van der Waals surface area contributed by atoms with Gasteiger partial charge in [-0.2, -0.15) is 0 Å². The van der Waals surface area contributed by atoms with Crippen molar-refractivity contribution in [2.24, 2.45) is 0 Å². The molecule has 3 heteroatoms. The van der Waals surface area contributed by atoms with Crippen LogP contribution in [0.4, 0.5) is 5.69 Å². The van der Waals surface area contributed by atoms with E-state index in [4.69, 9.17) is 11.6 Å². The Labute approximate surface area is 87.9 Å². The topological polar surface area (TPSA) is 24.9 Å². The molecule has 0 unspecified atom stereocenters. The lowest BCUT2D eigenvalue weighted by Crippen LogP contribution is -1.91. The normalized spacial score (nSPS) is 10.5. The molecule has 2 nitrogen and oxygen atoms in total. The first-order chi connectivity index (χ1) is 6.72. The van der Waals surface area contributed by atoms with Crippen LogP contribution in [0.15, 0.2) is 24.4 Å². The maximum atomic E-state index is 6.02. The number of aryl methyl sites for hydroxylation is 1. The Hall–Kier alpha value is -1.28. The maximum Gasteiger partial charge on any atom is 0.0737 e. The Kier molecular flexibility index (Phi) is 2.30. The molecule has 0 atom stereocenters. The summed E-state index contributed by atoms with van der Waals surface area (Å²) in [5, 5.41) is 5.00. The fraction of sp³-hybridized carbons (Fsp3) is 0.182. The van der Waals surface area contributed by atoms with Crippen LogP contribution in [0.25, 0.3) is 10.9 Å². The second-order valence-electron chi connectivity index (χ2n) is 3.23. The first-order valence-electron chi connectivity index (χ1n) is 4.45. The van der Waals surface area contributed by atoms with E-state index in [1.54, 1.807) is 6.20 Å². The van der Waals surface area contributed by atoms with Gasteiger partial charge in [0.2, 0.25) is 0 Å². The molecule has 0 saturated carbocycles. The lowest BCUT2D eigenvalue weighted by atomic mass is 10.1. The van der Waals surface area contributed by atoms with Crippen LogP contribution in [0.5, 0.6) is 0 Å². The smallest absolute Gasteiger partial charge is 0.0737 e. The monoisotopic (exact) mass is 206 g/mol. The van der Waals surface area contributed by atoms with Gasteiger partial charge in [0.1, 0.15) is 0 Å². The average Bonchev–Trinajstić information content (AvgIpc) is 2.19. The number of fused-ring (bicyclic) bond motifs is 1. The number of halogens is 1. The zero-order chi connectivity index (χ0) is 10.1. The molecule has 2 aromatic rings. The molecule has 0 amide bonds. The van der Waals surface area contributed by atoms with Crippen molar-refractivity contribution in [2.75, 3.05) is 12.4 Å². The van der Waals surface area contributed by atoms with Crippen LogP contribution in [0, 0.1) is 6.92 Å². The van der Waals surface area contributed by atoms with Gasteiger partial charge in [0, 0.05) is 29.3 Å². The Morgan fingerprint density at radius 1 is 1.36 bits per heavy atom. The zero-order valence-electron chi connectivity index (χ0n) is 8.13. The first kappa shape index (κ1) is 9.28. The molecular weight excluding hydrogens is 196 g/mol. The van der Waals surface area contributed by atoms with Gasteiger partial charge >= 0.3 is 0 Å². The summed E-state index contributed by atoms with van der Waals surface area (Å²) < 4.78 is 0. The average molecular weight is 207 g/mol. The first-order valence-corrected chi connectivity index (χ1v) is 4.83. The van der Waals surface area contributed by atoms with Gasteiger partial charge in [-0.1, -0.05) is 11.6 Å². The molecule has 0 saturated heterocycles. The summed E-state index contributed by atoms with van der Waals surface area (Å²) in [6, 6.07) is 5.90. The maximum absolute atomic E-state index is 6.02. The predicted octanol–water partition coefficient (Wildman–Crippen LogP) is 3.24. The second-order valence-corrected chi connectivity index (χ2v) is 3.63. The Morgan fingerprint density at radius 3 is 2.86 bits per heavy atom. The number of benzene rings is 1. The van der Waals surface area contributed by atoms with Crippen molar-refractivity contribution >= 4 is 28.2 Å². The van der Waals surface area contributed by atoms with E-state index in [9.17, 15) is 0 Å². The second kappa shape index (κ2) is 3.46. The summed E-state index contributed by atoms with van der Waals surface area (Å²) in [6.07, 6.45) is 1.78. The molecule has 1 heterocycles. The van der Waals surface area contributed by atoms with Crippen molar-refractivity contribution in [1.82, 2.24) is 4.98 Å². The summed E-state index contributed by atoms with van der Waals surface area (Å²) in [7, 11) is 1.90. The number of pyridine rings is 1.